The van der Waals surface area contributed by atoms with E-state index in [9.17, 15) is 18.8 Å². The number of H-pyrrole nitrogens is 1. The molecule has 0 saturated carbocycles. The van der Waals surface area contributed by atoms with E-state index in [-0.39, 0.29) is 11.4 Å². The molecule has 0 aliphatic rings. The smallest absolute Gasteiger partial charge is 0.338 e. The Balaban J connectivity index is 2.20. The second-order valence-electron chi connectivity index (χ2n) is 3.75. The molecule has 0 spiro atoms. The van der Waals surface area contributed by atoms with Gasteiger partial charge in [-0.05, 0) is 18.2 Å². The fourth-order valence-electron chi connectivity index (χ4n) is 1.43. The minimum atomic E-state index is -1.40. The van der Waals surface area contributed by atoms with Crippen LogP contribution in [-0.2, 0) is 0 Å². The molecule has 0 fully saturated rings. The van der Waals surface area contributed by atoms with Crippen LogP contribution in [0.15, 0.2) is 35.4 Å². The number of anilines is 1. The first kappa shape index (κ1) is 13.4. The molecule has 0 radical (unpaired) electrons. The van der Waals surface area contributed by atoms with E-state index in [0.29, 0.717) is 0 Å². The fraction of sp³-hybridized carbons (Fsp3) is 0. The van der Waals surface area contributed by atoms with Crippen molar-refractivity contribution in [3.05, 3.63) is 58.0 Å². The summed E-state index contributed by atoms with van der Waals surface area (Å²) in [4.78, 5) is 39.0. The van der Waals surface area contributed by atoms with Gasteiger partial charge in [-0.3, -0.25) is 9.59 Å². The molecule has 0 aliphatic heterocycles. The number of hydrogen-bond acceptors (Lipinski definition) is 4. The first-order valence-electron chi connectivity index (χ1n) is 5.36. The highest BCUT2D eigenvalue weighted by molar-refractivity contribution is 6.02. The summed E-state index contributed by atoms with van der Waals surface area (Å²) in [6.45, 7) is 0. The third kappa shape index (κ3) is 2.86. The number of aromatic nitrogens is 2. The Morgan fingerprint density at radius 2 is 2.10 bits per heavy atom. The maximum Gasteiger partial charge on any atom is 0.338 e. The minimum absolute atomic E-state index is 0.0627. The van der Waals surface area contributed by atoms with Crippen LogP contribution in [-0.4, -0.2) is 27.0 Å². The van der Waals surface area contributed by atoms with Gasteiger partial charge in [-0.25, -0.2) is 14.2 Å². The fourth-order valence-corrected chi connectivity index (χ4v) is 1.43. The van der Waals surface area contributed by atoms with Crippen molar-refractivity contribution in [3.8, 4) is 0 Å². The van der Waals surface area contributed by atoms with Crippen molar-refractivity contribution in [1.82, 2.24) is 9.97 Å². The molecule has 7 nitrogen and oxygen atoms in total. The zero-order chi connectivity index (χ0) is 14.7. The molecule has 2 aromatic rings. The van der Waals surface area contributed by atoms with Crippen LogP contribution in [0.2, 0.25) is 0 Å². The SMILES string of the molecule is O=C(Nc1ccc(C(=O)O)c(F)c1)c1c[nH]c(=O)cn1. The van der Waals surface area contributed by atoms with Gasteiger partial charge in [0, 0.05) is 11.9 Å². The highest BCUT2D eigenvalue weighted by Crippen LogP contribution is 2.15. The molecule has 1 aromatic carbocycles. The average Bonchev–Trinajstić information content (AvgIpc) is 2.39. The lowest BCUT2D eigenvalue weighted by molar-refractivity contribution is 0.0692. The Kier molecular flexibility index (Phi) is 3.56. The van der Waals surface area contributed by atoms with Gasteiger partial charge in [-0.1, -0.05) is 0 Å². The summed E-state index contributed by atoms with van der Waals surface area (Å²) in [7, 11) is 0. The minimum Gasteiger partial charge on any atom is -0.478 e. The molecule has 1 heterocycles. The number of carboxylic acid groups (broad SMARTS) is 1. The molecule has 0 unspecified atom stereocenters. The summed E-state index contributed by atoms with van der Waals surface area (Å²) in [6.07, 6.45) is 2.04. The molecule has 2 rings (SSSR count). The molecule has 8 heteroatoms. The van der Waals surface area contributed by atoms with E-state index < -0.39 is 28.8 Å². The maximum atomic E-state index is 13.4. The predicted molar refractivity (Wildman–Crippen MR) is 66.2 cm³/mol. The molecule has 3 N–H and O–H groups in total. The second-order valence-corrected chi connectivity index (χ2v) is 3.75. The summed E-state index contributed by atoms with van der Waals surface area (Å²) in [5.41, 5.74) is -0.943. The zero-order valence-corrected chi connectivity index (χ0v) is 9.88. The van der Waals surface area contributed by atoms with Crippen LogP contribution in [0.4, 0.5) is 10.1 Å². The molecule has 0 saturated heterocycles. The van der Waals surface area contributed by atoms with Gasteiger partial charge in [0.05, 0.1) is 11.8 Å². The van der Waals surface area contributed by atoms with Crippen LogP contribution in [0.5, 0.6) is 0 Å². The van der Waals surface area contributed by atoms with Gasteiger partial charge in [-0.2, -0.15) is 0 Å². The number of amides is 1. The quantitative estimate of drug-likeness (QED) is 0.770. The number of aromatic amines is 1. The number of benzene rings is 1. The van der Waals surface area contributed by atoms with Crippen molar-refractivity contribution in [2.24, 2.45) is 0 Å². The van der Waals surface area contributed by atoms with E-state index in [1.54, 1.807) is 0 Å². The molecule has 1 aromatic heterocycles. The number of nitrogens with zero attached hydrogens (tertiary/aromatic N) is 1. The second kappa shape index (κ2) is 5.31. The third-order valence-corrected chi connectivity index (χ3v) is 2.36. The number of carbonyl (C=O) groups excluding carboxylic acids is 1. The lowest BCUT2D eigenvalue weighted by Crippen LogP contribution is -2.17. The summed E-state index contributed by atoms with van der Waals surface area (Å²) >= 11 is 0. The Bertz CT molecular complexity index is 721. The van der Waals surface area contributed by atoms with Crippen molar-refractivity contribution in [2.45, 2.75) is 0 Å². The van der Waals surface area contributed by atoms with Gasteiger partial charge < -0.3 is 15.4 Å². The highest BCUT2D eigenvalue weighted by atomic mass is 19.1. The molecular weight excluding hydrogens is 269 g/mol. The molecular formula is C12H8FN3O4. The number of halogens is 1. The van der Waals surface area contributed by atoms with Gasteiger partial charge in [0.1, 0.15) is 11.5 Å². The van der Waals surface area contributed by atoms with Crippen LogP contribution < -0.4 is 10.9 Å². The van der Waals surface area contributed by atoms with Gasteiger partial charge in [0.2, 0.25) is 0 Å². The zero-order valence-electron chi connectivity index (χ0n) is 9.88. The monoisotopic (exact) mass is 277 g/mol. The number of carbonyl (C=O) groups is 2. The van der Waals surface area contributed by atoms with E-state index in [0.717, 1.165) is 24.5 Å². The average molecular weight is 277 g/mol. The van der Waals surface area contributed by atoms with Crippen LogP contribution in [0.1, 0.15) is 20.8 Å². The third-order valence-electron chi connectivity index (χ3n) is 2.36. The lowest BCUT2D eigenvalue weighted by Gasteiger charge is -2.05. The van der Waals surface area contributed by atoms with E-state index in [4.69, 9.17) is 5.11 Å². The summed E-state index contributed by atoms with van der Waals surface area (Å²) in [5, 5.41) is 11.0. The van der Waals surface area contributed by atoms with Gasteiger partial charge in [0.15, 0.2) is 0 Å². The molecule has 102 valence electrons. The van der Waals surface area contributed by atoms with Crippen LogP contribution in [0.3, 0.4) is 0 Å². The number of aromatic carboxylic acids is 1. The molecule has 0 aliphatic carbocycles. The maximum absolute atomic E-state index is 13.4. The van der Waals surface area contributed by atoms with Crippen molar-refractivity contribution < 1.29 is 19.1 Å². The van der Waals surface area contributed by atoms with Gasteiger partial charge >= 0.3 is 5.97 Å². The number of hydrogen-bond donors (Lipinski definition) is 3. The molecule has 0 bridgehead atoms. The molecule has 20 heavy (non-hydrogen) atoms. The Morgan fingerprint density at radius 1 is 1.35 bits per heavy atom. The summed E-state index contributed by atoms with van der Waals surface area (Å²) in [6, 6.07) is 3.16. The Labute approximate surface area is 111 Å². The molecule has 1 amide bonds. The lowest BCUT2D eigenvalue weighted by atomic mass is 10.2. The van der Waals surface area contributed by atoms with Crippen molar-refractivity contribution >= 4 is 17.6 Å². The van der Waals surface area contributed by atoms with Crippen LogP contribution in [0.25, 0.3) is 0 Å². The first-order chi connectivity index (χ1) is 9.47. The van der Waals surface area contributed by atoms with Gasteiger partial charge in [-0.15, -0.1) is 0 Å². The summed E-state index contributed by atoms with van der Waals surface area (Å²) < 4.78 is 13.4. The number of carboxylic acids is 1. The predicted octanol–water partition coefficient (Wildman–Crippen LogP) is 0.859. The van der Waals surface area contributed by atoms with E-state index in [1.165, 1.54) is 6.07 Å². The Morgan fingerprint density at radius 3 is 2.65 bits per heavy atom. The van der Waals surface area contributed by atoms with Crippen LogP contribution >= 0.6 is 0 Å². The number of rotatable bonds is 3. The van der Waals surface area contributed by atoms with E-state index in [2.05, 4.69) is 15.3 Å². The van der Waals surface area contributed by atoms with Crippen molar-refractivity contribution in [1.29, 1.82) is 0 Å². The van der Waals surface area contributed by atoms with E-state index >= 15 is 0 Å². The van der Waals surface area contributed by atoms with Crippen molar-refractivity contribution in [2.75, 3.05) is 5.32 Å². The largest absolute Gasteiger partial charge is 0.478 e. The number of nitrogens with one attached hydrogen (secondary N) is 2. The standard InChI is InChI=1S/C12H8FN3O4/c13-8-3-6(1-2-7(8)12(19)20)16-11(18)9-4-15-10(17)5-14-9/h1-5H,(H,15,17)(H,16,18)(H,19,20). The Hall–Kier alpha value is -3.03. The van der Waals surface area contributed by atoms with Gasteiger partial charge in [0.25, 0.3) is 11.5 Å². The summed E-state index contributed by atoms with van der Waals surface area (Å²) in [5.74, 6) is -3.03. The van der Waals surface area contributed by atoms with Crippen molar-refractivity contribution in [3.63, 3.8) is 0 Å². The topological polar surface area (TPSA) is 112 Å². The molecule has 0 atom stereocenters. The van der Waals surface area contributed by atoms with Crippen LogP contribution in [0, 0.1) is 5.82 Å². The normalized spacial score (nSPS) is 10.1. The first-order valence-corrected chi connectivity index (χ1v) is 5.36. The van der Waals surface area contributed by atoms with E-state index in [1.807, 2.05) is 0 Å². The highest BCUT2D eigenvalue weighted by Gasteiger charge is 2.12.